The summed E-state index contributed by atoms with van der Waals surface area (Å²) < 4.78 is 5.51. The molecule has 0 saturated carbocycles. The van der Waals surface area contributed by atoms with Gasteiger partial charge in [0.15, 0.2) is 6.61 Å². The van der Waals surface area contributed by atoms with Crippen molar-refractivity contribution in [2.24, 2.45) is 5.92 Å². The van der Waals surface area contributed by atoms with Crippen molar-refractivity contribution >= 4 is 11.8 Å². The Morgan fingerprint density at radius 1 is 1.24 bits per heavy atom. The van der Waals surface area contributed by atoms with Gasteiger partial charge < -0.3 is 20.3 Å². The molecule has 0 spiro atoms. The smallest absolute Gasteiger partial charge is 0.260 e. The van der Waals surface area contributed by atoms with Crippen LogP contribution in [0, 0.1) is 5.92 Å². The van der Waals surface area contributed by atoms with Crippen molar-refractivity contribution in [1.29, 1.82) is 0 Å². The van der Waals surface area contributed by atoms with E-state index >= 15 is 0 Å². The number of hydrogen-bond acceptors (Lipinski definition) is 4. The number of rotatable bonds is 8. The van der Waals surface area contributed by atoms with E-state index in [1.807, 2.05) is 37.3 Å². The summed E-state index contributed by atoms with van der Waals surface area (Å²) in [4.78, 5) is 26.2. The van der Waals surface area contributed by atoms with Crippen LogP contribution in [0.15, 0.2) is 30.3 Å². The quantitative estimate of drug-likeness (QED) is 0.746. The highest BCUT2D eigenvalue weighted by atomic mass is 16.5. The number of ether oxygens (including phenoxy) is 1. The number of piperidine rings is 1. The number of likely N-dealkylation sites (N-methyl/N-ethyl adjacent to an activating group) is 1. The van der Waals surface area contributed by atoms with Crippen molar-refractivity contribution < 1.29 is 14.3 Å². The monoisotopic (exact) mass is 347 g/mol. The lowest BCUT2D eigenvalue weighted by atomic mass is 9.96. The summed E-state index contributed by atoms with van der Waals surface area (Å²) in [5.41, 5.74) is 0. The Morgan fingerprint density at radius 2 is 1.92 bits per heavy atom. The average Bonchev–Trinajstić information content (AvgIpc) is 2.65. The highest BCUT2D eigenvalue weighted by Gasteiger charge is 2.27. The van der Waals surface area contributed by atoms with Gasteiger partial charge in [0.05, 0.1) is 0 Å². The minimum atomic E-state index is -0.0246. The molecule has 1 fully saturated rings. The Kier molecular flexibility index (Phi) is 7.73. The molecule has 1 aliphatic rings. The van der Waals surface area contributed by atoms with E-state index in [1.54, 1.807) is 4.90 Å². The highest BCUT2D eigenvalue weighted by molar-refractivity contribution is 5.80. The molecule has 0 bridgehead atoms. The van der Waals surface area contributed by atoms with Crippen LogP contribution in [0.1, 0.15) is 26.7 Å². The first kappa shape index (κ1) is 19.2. The second kappa shape index (κ2) is 10.0. The van der Waals surface area contributed by atoms with Gasteiger partial charge in [-0.05, 0) is 38.4 Å². The molecular formula is C19H29N3O3. The van der Waals surface area contributed by atoms with Crippen LogP contribution in [0.2, 0.25) is 0 Å². The summed E-state index contributed by atoms with van der Waals surface area (Å²) in [6, 6.07) is 9.59. The van der Waals surface area contributed by atoms with Gasteiger partial charge in [0.2, 0.25) is 5.91 Å². The topological polar surface area (TPSA) is 70.7 Å². The minimum Gasteiger partial charge on any atom is -0.484 e. The van der Waals surface area contributed by atoms with Crippen molar-refractivity contribution in [3.63, 3.8) is 0 Å². The molecule has 0 aromatic heterocycles. The van der Waals surface area contributed by atoms with E-state index in [0.29, 0.717) is 38.2 Å². The second-order valence-corrected chi connectivity index (χ2v) is 6.46. The van der Waals surface area contributed by atoms with E-state index in [2.05, 4.69) is 17.6 Å². The third kappa shape index (κ3) is 6.38. The lowest BCUT2D eigenvalue weighted by molar-refractivity contribution is -0.137. The molecule has 1 aromatic rings. The van der Waals surface area contributed by atoms with Crippen LogP contribution in [0.25, 0.3) is 0 Å². The third-order valence-corrected chi connectivity index (χ3v) is 4.46. The van der Waals surface area contributed by atoms with Gasteiger partial charge in [-0.3, -0.25) is 9.59 Å². The maximum atomic E-state index is 12.2. The summed E-state index contributed by atoms with van der Waals surface area (Å²) in [6.45, 7) is 6.89. The molecule has 0 aliphatic carbocycles. The fourth-order valence-corrected chi connectivity index (χ4v) is 2.96. The summed E-state index contributed by atoms with van der Waals surface area (Å²) in [6.07, 6.45) is 1.41. The fourth-order valence-electron chi connectivity index (χ4n) is 2.96. The van der Waals surface area contributed by atoms with Crippen LogP contribution in [0.4, 0.5) is 0 Å². The molecule has 2 amide bonds. The van der Waals surface area contributed by atoms with E-state index in [4.69, 9.17) is 4.74 Å². The Balaban J connectivity index is 1.68. The molecule has 6 heteroatoms. The van der Waals surface area contributed by atoms with Gasteiger partial charge in [0.1, 0.15) is 5.75 Å². The first-order valence-electron chi connectivity index (χ1n) is 9.07. The molecular weight excluding hydrogens is 318 g/mol. The molecule has 1 aromatic carbocycles. The Bertz CT molecular complexity index is 542. The summed E-state index contributed by atoms with van der Waals surface area (Å²) >= 11 is 0. The first-order chi connectivity index (χ1) is 12.1. The number of para-hydroxylation sites is 1. The summed E-state index contributed by atoms with van der Waals surface area (Å²) in [5, 5.41) is 6.27. The number of nitrogens with one attached hydrogen (secondary N) is 2. The fraction of sp³-hybridized carbons (Fsp3) is 0.579. The summed E-state index contributed by atoms with van der Waals surface area (Å²) in [7, 11) is 0. The number of hydrogen-bond donors (Lipinski definition) is 2. The largest absolute Gasteiger partial charge is 0.484 e. The van der Waals surface area contributed by atoms with Gasteiger partial charge in [-0.2, -0.15) is 0 Å². The molecule has 6 nitrogen and oxygen atoms in total. The lowest BCUT2D eigenvalue weighted by Crippen LogP contribution is -2.46. The lowest BCUT2D eigenvalue weighted by Gasteiger charge is -2.31. The van der Waals surface area contributed by atoms with Crippen molar-refractivity contribution in [2.45, 2.75) is 32.7 Å². The Labute approximate surface area is 149 Å². The predicted octanol–water partition coefficient (Wildman–Crippen LogP) is 1.42. The van der Waals surface area contributed by atoms with E-state index in [-0.39, 0.29) is 30.4 Å². The zero-order chi connectivity index (χ0) is 18.1. The van der Waals surface area contributed by atoms with Crippen LogP contribution < -0.4 is 15.4 Å². The normalized spacial score (nSPS) is 16.3. The maximum Gasteiger partial charge on any atom is 0.260 e. The van der Waals surface area contributed by atoms with E-state index in [9.17, 15) is 9.59 Å². The van der Waals surface area contributed by atoms with Crippen LogP contribution >= 0.6 is 0 Å². The number of likely N-dealkylation sites (tertiary alicyclic amines) is 1. The van der Waals surface area contributed by atoms with E-state index in [1.165, 1.54) is 0 Å². The molecule has 1 saturated heterocycles. The molecule has 0 radical (unpaired) electrons. The number of benzene rings is 1. The van der Waals surface area contributed by atoms with Crippen molar-refractivity contribution in [3.05, 3.63) is 30.3 Å². The molecule has 1 heterocycles. The number of carbonyl (C=O) groups excluding carboxylic acids is 2. The van der Waals surface area contributed by atoms with Crippen molar-refractivity contribution in [3.8, 4) is 5.75 Å². The van der Waals surface area contributed by atoms with E-state index < -0.39 is 0 Å². The van der Waals surface area contributed by atoms with Crippen LogP contribution in [-0.2, 0) is 9.59 Å². The standard InChI is InChI=1S/C19H29N3O3/c1-3-20-15(2)13-21-19(24)16-9-11-22(12-10-16)18(23)14-25-17-7-5-4-6-8-17/h4-8,15-16,20H,3,9-14H2,1-2H3,(H,21,24)/t15-/m1/s1. The van der Waals surface area contributed by atoms with Crippen molar-refractivity contribution in [2.75, 3.05) is 32.8 Å². The SMILES string of the molecule is CCN[C@H](C)CNC(=O)C1CCN(C(=O)COc2ccccc2)CC1. The van der Waals surface area contributed by atoms with Crippen LogP contribution in [-0.4, -0.2) is 55.5 Å². The molecule has 2 N–H and O–H groups in total. The zero-order valence-corrected chi connectivity index (χ0v) is 15.2. The highest BCUT2D eigenvalue weighted by Crippen LogP contribution is 2.18. The molecule has 25 heavy (non-hydrogen) atoms. The Hall–Kier alpha value is -2.08. The van der Waals surface area contributed by atoms with Gasteiger partial charge in [0.25, 0.3) is 5.91 Å². The number of carbonyl (C=O) groups is 2. The van der Waals surface area contributed by atoms with Crippen LogP contribution in [0.3, 0.4) is 0 Å². The molecule has 138 valence electrons. The van der Waals surface area contributed by atoms with E-state index in [0.717, 1.165) is 6.54 Å². The number of nitrogens with zero attached hydrogens (tertiary/aromatic N) is 1. The molecule has 1 atom stereocenters. The van der Waals surface area contributed by atoms with Gasteiger partial charge >= 0.3 is 0 Å². The summed E-state index contributed by atoms with van der Waals surface area (Å²) in [5.74, 6) is 0.758. The Morgan fingerprint density at radius 3 is 2.56 bits per heavy atom. The molecule has 2 rings (SSSR count). The third-order valence-electron chi connectivity index (χ3n) is 4.46. The minimum absolute atomic E-state index is 0.00656. The van der Waals surface area contributed by atoms with Gasteiger partial charge in [0, 0.05) is 31.6 Å². The molecule has 1 aliphatic heterocycles. The first-order valence-corrected chi connectivity index (χ1v) is 9.07. The van der Waals surface area contributed by atoms with Gasteiger partial charge in [-0.25, -0.2) is 0 Å². The van der Waals surface area contributed by atoms with Crippen LogP contribution in [0.5, 0.6) is 5.75 Å². The zero-order valence-electron chi connectivity index (χ0n) is 15.2. The molecule has 0 unspecified atom stereocenters. The van der Waals surface area contributed by atoms with Gasteiger partial charge in [-0.1, -0.05) is 25.1 Å². The van der Waals surface area contributed by atoms with Gasteiger partial charge in [-0.15, -0.1) is 0 Å². The maximum absolute atomic E-state index is 12.2. The van der Waals surface area contributed by atoms with Crippen molar-refractivity contribution in [1.82, 2.24) is 15.5 Å². The number of amides is 2. The predicted molar refractivity (Wildman–Crippen MR) is 97.4 cm³/mol. The average molecular weight is 347 g/mol. The second-order valence-electron chi connectivity index (χ2n) is 6.46.